The van der Waals surface area contributed by atoms with Crippen molar-refractivity contribution in [3.8, 4) is 0 Å². The topological polar surface area (TPSA) is 55.1 Å². The van der Waals surface area contributed by atoms with Gasteiger partial charge in [-0.25, -0.2) is 0 Å². The molecule has 3 aromatic rings. The van der Waals surface area contributed by atoms with Crippen LogP contribution in [-0.4, -0.2) is 11.1 Å². The molecule has 2 aromatic carbocycles. The molecule has 4 nitrogen and oxygen atoms in total. The minimum atomic E-state index is -0.0604. The average Bonchev–Trinajstić information content (AvgIpc) is 2.91. The van der Waals surface area contributed by atoms with Crippen LogP contribution in [0, 0.1) is 6.92 Å². The van der Waals surface area contributed by atoms with Gasteiger partial charge in [-0.05, 0) is 37.1 Å². The molecule has 0 aliphatic heterocycles. The fourth-order valence-electron chi connectivity index (χ4n) is 2.66. The van der Waals surface area contributed by atoms with Crippen LogP contribution in [0.2, 0.25) is 0 Å². The smallest absolute Gasteiger partial charge is 0.226 e. The quantitative estimate of drug-likeness (QED) is 0.800. The number of nitrogens with zero attached hydrogens (tertiary/aromatic N) is 1. The van der Waals surface area contributed by atoms with Gasteiger partial charge in [0, 0.05) is 5.39 Å². The van der Waals surface area contributed by atoms with Gasteiger partial charge in [0.15, 0.2) is 5.58 Å². The number of rotatable bonds is 4. The number of benzene rings is 2. The molecular weight excluding hydrogens is 276 g/mol. The number of fused-ring (bicyclic) bond motifs is 1. The lowest BCUT2D eigenvalue weighted by Gasteiger charge is -2.16. The fraction of sp³-hybridized carbons (Fsp3) is 0.222. The first-order valence-corrected chi connectivity index (χ1v) is 7.33. The Hall–Kier alpha value is -2.62. The van der Waals surface area contributed by atoms with E-state index in [4.69, 9.17) is 4.52 Å². The highest BCUT2D eigenvalue weighted by molar-refractivity contribution is 5.86. The Morgan fingerprint density at radius 3 is 2.73 bits per heavy atom. The van der Waals surface area contributed by atoms with E-state index in [1.165, 1.54) is 5.56 Å². The van der Waals surface area contributed by atoms with E-state index in [0.717, 1.165) is 10.9 Å². The van der Waals surface area contributed by atoms with Crippen molar-refractivity contribution in [2.24, 2.45) is 0 Å². The van der Waals surface area contributed by atoms with Gasteiger partial charge in [0.1, 0.15) is 5.69 Å². The molecule has 0 fully saturated rings. The van der Waals surface area contributed by atoms with Crippen LogP contribution in [-0.2, 0) is 11.2 Å². The maximum Gasteiger partial charge on any atom is 0.226 e. The van der Waals surface area contributed by atoms with E-state index in [-0.39, 0.29) is 18.4 Å². The van der Waals surface area contributed by atoms with Gasteiger partial charge < -0.3 is 9.84 Å². The molecular formula is C18H18N2O2. The number of hydrogen-bond donors (Lipinski definition) is 1. The molecule has 4 heteroatoms. The van der Waals surface area contributed by atoms with Crippen molar-refractivity contribution in [1.29, 1.82) is 0 Å². The Morgan fingerprint density at radius 1 is 1.18 bits per heavy atom. The van der Waals surface area contributed by atoms with Crippen molar-refractivity contribution in [1.82, 2.24) is 10.5 Å². The van der Waals surface area contributed by atoms with E-state index in [0.29, 0.717) is 11.3 Å². The molecule has 0 bridgehead atoms. The summed E-state index contributed by atoms with van der Waals surface area (Å²) in [6, 6.07) is 15.6. The highest BCUT2D eigenvalue weighted by atomic mass is 16.5. The van der Waals surface area contributed by atoms with E-state index in [1.807, 2.05) is 62.4 Å². The lowest BCUT2D eigenvalue weighted by Crippen LogP contribution is -2.28. The largest absolute Gasteiger partial charge is 0.356 e. The standard InChI is InChI=1S/C18H18N2O2/c1-12-7-3-4-8-14(12)13(2)19-18(21)11-16-15-9-5-6-10-17(15)22-20-16/h3-10,13H,11H2,1-2H3,(H,19,21)/t13-/m1/s1. The van der Waals surface area contributed by atoms with Crippen molar-refractivity contribution in [3.63, 3.8) is 0 Å². The van der Waals surface area contributed by atoms with Crippen molar-refractivity contribution < 1.29 is 9.32 Å². The van der Waals surface area contributed by atoms with Gasteiger partial charge in [-0.1, -0.05) is 41.6 Å². The molecule has 1 aromatic heterocycles. The van der Waals surface area contributed by atoms with Crippen molar-refractivity contribution in [2.45, 2.75) is 26.3 Å². The number of nitrogens with one attached hydrogen (secondary N) is 1. The number of carbonyl (C=O) groups is 1. The number of hydrogen-bond acceptors (Lipinski definition) is 3. The minimum absolute atomic E-state index is 0.0353. The summed E-state index contributed by atoms with van der Waals surface area (Å²) in [5, 5.41) is 7.91. The first-order chi connectivity index (χ1) is 10.6. The van der Waals surface area contributed by atoms with Gasteiger partial charge in [-0.15, -0.1) is 0 Å². The molecule has 0 aliphatic carbocycles. The van der Waals surface area contributed by atoms with E-state index in [9.17, 15) is 4.79 Å². The Balaban J connectivity index is 1.71. The summed E-state index contributed by atoms with van der Waals surface area (Å²) >= 11 is 0. The number of aromatic nitrogens is 1. The molecule has 0 aliphatic rings. The van der Waals surface area contributed by atoms with E-state index < -0.39 is 0 Å². The summed E-state index contributed by atoms with van der Waals surface area (Å²) in [5.74, 6) is -0.0604. The molecule has 1 heterocycles. The minimum Gasteiger partial charge on any atom is -0.356 e. The fourth-order valence-corrected chi connectivity index (χ4v) is 2.66. The number of para-hydroxylation sites is 1. The summed E-state index contributed by atoms with van der Waals surface area (Å²) in [6.07, 6.45) is 0.216. The maximum atomic E-state index is 12.3. The average molecular weight is 294 g/mol. The zero-order valence-corrected chi connectivity index (χ0v) is 12.7. The monoisotopic (exact) mass is 294 g/mol. The van der Waals surface area contributed by atoms with Crippen LogP contribution in [0.1, 0.15) is 29.8 Å². The van der Waals surface area contributed by atoms with Crippen LogP contribution in [0.3, 0.4) is 0 Å². The summed E-state index contributed by atoms with van der Waals surface area (Å²) in [7, 11) is 0. The van der Waals surface area contributed by atoms with Crippen LogP contribution in [0.5, 0.6) is 0 Å². The first-order valence-electron chi connectivity index (χ1n) is 7.33. The highest BCUT2D eigenvalue weighted by Gasteiger charge is 2.15. The lowest BCUT2D eigenvalue weighted by molar-refractivity contribution is -0.121. The van der Waals surface area contributed by atoms with Gasteiger partial charge in [0.2, 0.25) is 5.91 Å². The normalized spacial score (nSPS) is 12.3. The van der Waals surface area contributed by atoms with Crippen molar-refractivity contribution >= 4 is 16.9 Å². The molecule has 3 rings (SSSR count). The van der Waals surface area contributed by atoms with Gasteiger partial charge in [0.05, 0.1) is 12.5 Å². The Labute approximate surface area is 129 Å². The Kier molecular flexibility index (Phi) is 3.92. The Bertz CT molecular complexity index is 807. The summed E-state index contributed by atoms with van der Waals surface area (Å²) in [5.41, 5.74) is 3.67. The zero-order valence-electron chi connectivity index (χ0n) is 12.7. The lowest BCUT2D eigenvalue weighted by atomic mass is 10.0. The molecule has 0 saturated carbocycles. The SMILES string of the molecule is Cc1ccccc1[C@@H](C)NC(=O)Cc1noc2ccccc12. The van der Waals surface area contributed by atoms with Gasteiger partial charge in [-0.3, -0.25) is 4.79 Å². The van der Waals surface area contributed by atoms with Crippen LogP contribution in [0.25, 0.3) is 11.0 Å². The summed E-state index contributed by atoms with van der Waals surface area (Å²) < 4.78 is 5.23. The predicted octanol–water partition coefficient (Wildman–Crippen LogP) is 3.56. The maximum absolute atomic E-state index is 12.3. The number of amides is 1. The van der Waals surface area contributed by atoms with Gasteiger partial charge >= 0.3 is 0 Å². The molecule has 22 heavy (non-hydrogen) atoms. The first kappa shape index (κ1) is 14.3. The van der Waals surface area contributed by atoms with Crippen LogP contribution in [0.15, 0.2) is 53.1 Å². The molecule has 112 valence electrons. The molecule has 0 spiro atoms. The van der Waals surface area contributed by atoms with Crippen molar-refractivity contribution in [3.05, 3.63) is 65.4 Å². The third kappa shape index (κ3) is 2.86. The second kappa shape index (κ2) is 6.02. The van der Waals surface area contributed by atoms with Crippen molar-refractivity contribution in [2.75, 3.05) is 0 Å². The van der Waals surface area contributed by atoms with Crippen LogP contribution in [0.4, 0.5) is 0 Å². The molecule has 0 unspecified atom stereocenters. The molecule has 0 radical (unpaired) electrons. The van der Waals surface area contributed by atoms with Gasteiger partial charge in [0.25, 0.3) is 0 Å². The Morgan fingerprint density at radius 2 is 1.91 bits per heavy atom. The summed E-state index contributed by atoms with van der Waals surface area (Å²) in [6.45, 7) is 4.03. The predicted molar refractivity (Wildman–Crippen MR) is 85.4 cm³/mol. The molecule has 1 amide bonds. The highest BCUT2D eigenvalue weighted by Crippen LogP contribution is 2.19. The molecule has 1 N–H and O–H groups in total. The summed E-state index contributed by atoms with van der Waals surface area (Å²) in [4.78, 5) is 12.3. The van der Waals surface area contributed by atoms with Crippen LogP contribution >= 0.6 is 0 Å². The number of aryl methyl sites for hydroxylation is 1. The zero-order chi connectivity index (χ0) is 15.5. The molecule has 0 saturated heterocycles. The van der Waals surface area contributed by atoms with Gasteiger partial charge in [-0.2, -0.15) is 0 Å². The second-order valence-electron chi connectivity index (χ2n) is 5.45. The van der Waals surface area contributed by atoms with E-state index >= 15 is 0 Å². The number of carbonyl (C=O) groups excluding carboxylic acids is 1. The molecule has 1 atom stereocenters. The van der Waals surface area contributed by atoms with E-state index in [2.05, 4.69) is 10.5 Å². The van der Waals surface area contributed by atoms with E-state index in [1.54, 1.807) is 0 Å². The second-order valence-corrected chi connectivity index (χ2v) is 5.45. The third-order valence-electron chi connectivity index (χ3n) is 3.81. The van der Waals surface area contributed by atoms with Crippen LogP contribution < -0.4 is 5.32 Å². The third-order valence-corrected chi connectivity index (χ3v) is 3.81.